The summed E-state index contributed by atoms with van der Waals surface area (Å²) < 4.78 is 5.39. The lowest BCUT2D eigenvalue weighted by molar-refractivity contribution is 0.0787. The molecular formula is C22H29N3O3S. The van der Waals surface area contributed by atoms with Crippen molar-refractivity contribution < 1.29 is 14.3 Å². The van der Waals surface area contributed by atoms with Gasteiger partial charge in [-0.05, 0) is 55.9 Å². The minimum Gasteiger partial charge on any atom is -0.496 e. The number of carbonyl (C=O) groups excluding carboxylic acids is 2. The third kappa shape index (κ3) is 4.61. The molecule has 0 aliphatic carbocycles. The number of nitrogens with zero attached hydrogens (tertiary/aromatic N) is 2. The number of carbonyl (C=O) groups is 2. The van der Waals surface area contributed by atoms with Gasteiger partial charge in [-0.25, -0.2) is 4.98 Å². The van der Waals surface area contributed by atoms with Gasteiger partial charge in [0, 0.05) is 24.0 Å². The third-order valence-corrected chi connectivity index (χ3v) is 6.21. The molecule has 1 N–H and O–H groups in total. The van der Waals surface area contributed by atoms with Crippen LogP contribution in [0.4, 0.5) is 0 Å². The van der Waals surface area contributed by atoms with Gasteiger partial charge in [-0.1, -0.05) is 13.8 Å². The molecule has 1 aliphatic rings. The van der Waals surface area contributed by atoms with Crippen molar-refractivity contribution in [3.63, 3.8) is 0 Å². The SMILES string of the molecule is COc1c(C)cc(C(=O)N[C@H](c2nc(C(=O)N3CCCC3)cs2)C(C)C)cc1C. The Bertz CT molecular complexity index is 877. The zero-order chi connectivity index (χ0) is 21.1. The molecule has 0 spiro atoms. The molecule has 1 aromatic carbocycles. The monoisotopic (exact) mass is 415 g/mol. The van der Waals surface area contributed by atoms with Gasteiger partial charge in [-0.15, -0.1) is 11.3 Å². The van der Waals surface area contributed by atoms with Crippen molar-refractivity contribution in [3.8, 4) is 5.75 Å². The molecule has 1 atom stereocenters. The van der Waals surface area contributed by atoms with Gasteiger partial charge in [-0.3, -0.25) is 9.59 Å². The van der Waals surface area contributed by atoms with Crippen molar-refractivity contribution in [1.29, 1.82) is 0 Å². The molecule has 0 bridgehead atoms. The van der Waals surface area contributed by atoms with E-state index in [0.717, 1.165) is 47.8 Å². The van der Waals surface area contributed by atoms with Gasteiger partial charge in [0.2, 0.25) is 0 Å². The molecule has 29 heavy (non-hydrogen) atoms. The summed E-state index contributed by atoms with van der Waals surface area (Å²) in [5.41, 5.74) is 2.91. The molecule has 7 heteroatoms. The van der Waals surface area contributed by atoms with Crippen LogP contribution in [0.5, 0.6) is 5.75 Å². The second-order valence-corrected chi connectivity index (χ2v) is 8.80. The summed E-state index contributed by atoms with van der Waals surface area (Å²) in [6.45, 7) is 9.54. The second kappa shape index (κ2) is 8.95. The maximum Gasteiger partial charge on any atom is 0.273 e. The minimum absolute atomic E-state index is 0.0137. The minimum atomic E-state index is -0.254. The van der Waals surface area contributed by atoms with Crippen LogP contribution < -0.4 is 10.1 Å². The van der Waals surface area contributed by atoms with E-state index in [2.05, 4.69) is 10.3 Å². The van der Waals surface area contributed by atoms with Crippen LogP contribution in [0, 0.1) is 19.8 Å². The number of nitrogens with one attached hydrogen (secondary N) is 1. The Balaban J connectivity index is 1.79. The Labute approximate surface area is 176 Å². The fourth-order valence-electron chi connectivity index (χ4n) is 3.75. The smallest absolute Gasteiger partial charge is 0.273 e. The molecule has 2 heterocycles. The zero-order valence-corrected chi connectivity index (χ0v) is 18.6. The number of likely N-dealkylation sites (tertiary alicyclic amines) is 1. The fourth-order valence-corrected chi connectivity index (χ4v) is 4.77. The normalized spacial score (nSPS) is 14.9. The first-order valence-electron chi connectivity index (χ1n) is 10.0. The number of aromatic nitrogens is 1. The van der Waals surface area contributed by atoms with Gasteiger partial charge in [0.25, 0.3) is 11.8 Å². The van der Waals surface area contributed by atoms with Gasteiger partial charge in [-0.2, -0.15) is 0 Å². The molecule has 2 amide bonds. The highest BCUT2D eigenvalue weighted by molar-refractivity contribution is 7.09. The van der Waals surface area contributed by atoms with Crippen molar-refractivity contribution in [2.24, 2.45) is 5.92 Å². The number of ether oxygens (including phenoxy) is 1. The Kier molecular flexibility index (Phi) is 6.57. The number of hydrogen-bond acceptors (Lipinski definition) is 5. The van der Waals surface area contributed by atoms with E-state index in [9.17, 15) is 9.59 Å². The number of amides is 2. The van der Waals surface area contributed by atoms with Gasteiger partial charge < -0.3 is 15.0 Å². The van der Waals surface area contributed by atoms with E-state index < -0.39 is 0 Å². The van der Waals surface area contributed by atoms with Crippen molar-refractivity contribution in [2.75, 3.05) is 20.2 Å². The lowest BCUT2D eigenvalue weighted by Crippen LogP contribution is -2.32. The first-order valence-corrected chi connectivity index (χ1v) is 10.9. The van der Waals surface area contributed by atoms with Gasteiger partial charge in [0.15, 0.2) is 0 Å². The number of aryl methyl sites for hydroxylation is 2. The molecule has 0 unspecified atom stereocenters. The summed E-state index contributed by atoms with van der Waals surface area (Å²) in [6.07, 6.45) is 2.10. The standard InChI is InChI=1S/C22H29N3O3S/c1-13(2)18(21-23-17(12-29-21)22(27)25-8-6-7-9-25)24-20(26)16-10-14(3)19(28-5)15(4)11-16/h10-13,18H,6-9H2,1-5H3,(H,24,26)/t18-/m0/s1. The molecule has 1 aliphatic heterocycles. The summed E-state index contributed by atoms with van der Waals surface area (Å²) in [7, 11) is 1.63. The molecule has 3 rings (SSSR count). The Morgan fingerprint density at radius 3 is 2.34 bits per heavy atom. The summed E-state index contributed by atoms with van der Waals surface area (Å²) in [5.74, 6) is 0.771. The van der Waals surface area contributed by atoms with E-state index in [1.165, 1.54) is 11.3 Å². The van der Waals surface area contributed by atoms with Crippen LogP contribution in [0.15, 0.2) is 17.5 Å². The maximum absolute atomic E-state index is 12.9. The third-order valence-electron chi connectivity index (χ3n) is 5.28. The van der Waals surface area contributed by atoms with Crippen molar-refractivity contribution in [1.82, 2.24) is 15.2 Å². The predicted molar refractivity (Wildman–Crippen MR) is 115 cm³/mol. The molecule has 1 saturated heterocycles. The number of methoxy groups -OCH3 is 1. The quantitative estimate of drug-likeness (QED) is 0.770. The highest BCUT2D eigenvalue weighted by atomic mass is 32.1. The van der Waals surface area contributed by atoms with Crippen LogP contribution in [0.3, 0.4) is 0 Å². The lowest BCUT2D eigenvalue weighted by atomic mass is 10.0. The van der Waals surface area contributed by atoms with E-state index in [1.54, 1.807) is 12.5 Å². The molecule has 156 valence electrons. The van der Waals surface area contributed by atoms with E-state index >= 15 is 0 Å². The van der Waals surface area contributed by atoms with E-state index in [0.29, 0.717) is 11.3 Å². The highest BCUT2D eigenvalue weighted by Crippen LogP contribution is 2.28. The summed E-state index contributed by atoms with van der Waals surface area (Å²) in [5, 5.41) is 5.67. The van der Waals surface area contributed by atoms with Crippen molar-refractivity contribution in [2.45, 2.75) is 46.6 Å². The largest absolute Gasteiger partial charge is 0.496 e. The number of hydrogen-bond donors (Lipinski definition) is 1. The van der Waals surface area contributed by atoms with Crippen molar-refractivity contribution in [3.05, 3.63) is 44.9 Å². The van der Waals surface area contributed by atoms with Crippen LogP contribution in [0.1, 0.15) is 69.7 Å². The first kappa shape index (κ1) is 21.3. The van der Waals surface area contributed by atoms with Crippen LogP contribution >= 0.6 is 11.3 Å². The molecule has 1 fully saturated rings. The summed E-state index contributed by atoms with van der Waals surface area (Å²) in [6, 6.07) is 3.42. The first-order chi connectivity index (χ1) is 13.8. The van der Waals surface area contributed by atoms with Crippen LogP contribution in [0.25, 0.3) is 0 Å². The molecule has 0 saturated carbocycles. The average Bonchev–Trinajstić information content (AvgIpc) is 3.37. The Hall–Kier alpha value is -2.41. The lowest BCUT2D eigenvalue weighted by Gasteiger charge is -2.21. The van der Waals surface area contributed by atoms with Gasteiger partial charge in [0.05, 0.1) is 13.2 Å². The van der Waals surface area contributed by atoms with E-state index in [-0.39, 0.29) is 23.8 Å². The molecule has 6 nitrogen and oxygen atoms in total. The Morgan fingerprint density at radius 2 is 1.79 bits per heavy atom. The maximum atomic E-state index is 12.9. The van der Waals surface area contributed by atoms with Crippen LogP contribution in [0.2, 0.25) is 0 Å². The molecule has 2 aromatic rings. The highest BCUT2D eigenvalue weighted by Gasteiger charge is 2.26. The molecule has 0 radical (unpaired) electrons. The van der Waals surface area contributed by atoms with Gasteiger partial charge in [0.1, 0.15) is 16.5 Å². The summed E-state index contributed by atoms with van der Waals surface area (Å²) in [4.78, 5) is 32.0. The number of rotatable bonds is 6. The second-order valence-electron chi connectivity index (χ2n) is 7.91. The average molecular weight is 416 g/mol. The number of benzene rings is 1. The molecular weight excluding hydrogens is 386 g/mol. The summed E-state index contributed by atoms with van der Waals surface area (Å²) >= 11 is 1.43. The zero-order valence-electron chi connectivity index (χ0n) is 17.7. The topological polar surface area (TPSA) is 71.5 Å². The van der Waals surface area contributed by atoms with Gasteiger partial charge >= 0.3 is 0 Å². The fraction of sp³-hybridized carbons (Fsp3) is 0.500. The van der Waals surface area contributed by atoms with E-state index in [4.69, 9.17) is 4.74 Å². The van der Waals surface area contributed by atoms with Crippen LogP contribution in [-0.2, 0) is 0 Å². The van der Waals surface area contributed by atoms with Crippen molar-refractivity contribution >= 4 is 23.2 Å². The molecule has 1 aromatic heterocycles. The van der Waals surface area contributed by atoms with E-state index in [1.807, 2.05) is 44.7 Å². The van der Waals surface area contributed by atoms with Crippen LogP contribution in [-0.4, -0.2) is 41.9 Å². The number of thiazole rings is 1. The predicted octanol–water partition coefficient (Wildman–Crippen LogP) is 4.13. The Morgan fingerprint density at radius 1 is 1.17 bits per heavy atom.